The van der Waals surface area contributed by atoms with Crippen LogP contribution >= 0.6 is 0 Å². The molecule has 0 bridgehead atoms. The van der Waals surface area contributed by atoms with Gasteiger partial charge in [0.1, 0.15) is 0 Å². The Labute approximate surface area is 121 Å². The second-order valence-electron chi connectivity index (χ2n) is 5.76. The summed E-state index contributed by atoms with van der Waals surface area (Å²) >= 11 is 0. The van der Waals surface area contributed by atoms with Crippen LogP contribution in [0.3, 0.4) is 0 Å². The van der Waals surface area contributed by atoms with Gasteiger partial charge in [-0.25, -0.2) is 8.42 Å². The molecule has 0 aromatic carbocycles. The number of sulfone groups is 1. The summed E-state index contributed by atoms with van der Waals surface area (Å²) in [6, 6.07) is 0.217. The minimum Gasteiger partial charge on any atom is -0.338 e. The average Bonchev–Trinajstić information content (AvgIpc) is 2.73. The number of rotatable bonds is 4. The Balaban J connectivity index is 1.95. The van der Waals surface area contributed by atoms with Crippen LogP contribution in [0.5, 0.6) is 0 Å². The van der Waals surface area contributed by atoms with Crippen LogP contribution < -0.4 is 5.32 Å². The highest BCUT2D eigenvalue weighted by atomic mass is 32.2. The molecule has 1 N–H and O–H groups in total. The van der Waals surface area contributed by atoms with Crippen molar-refractivity contribution < 1.29 is 13.2 Å². The minimum atomic E-state index is -2.95. The SMILES string of the molecule is CCN(C(=O)CN1CCNC[C@@H]1C)C1CCS(=O)(=O)C1. The molecule has 2 atom stereocenters. The fraction of sp³-hybridized carbons (Fsp3) is 0.923. The normalized spacial score (nSPS) is 30.3. The topological polar surface area (TPSA) is 69.7 Å². The van der Waals surface area contributed by atoms with Crippen molar-refractivity contribution in [2.75, 3.05) is 44.2 Å². The van der Waals surface area contributed by atoms with Gasteiger partial charge in [-0.15, -0.1) is 0 Å². The van der Waals surface area contributed by atoms with Gasteiger partial charge < -0.3 is 10.2 Å². The molecular formula is C13H25N3O3S. The summed E-state index contributed by atoms with van der Waals surface area (Å²) in [7, 11) is -2.95. The molecule has 0 aromatic heterocycles. The number of likely N-dealkylation sites (N-methyl/N-ethyl adjacent to an activating group) is 1. The van der Waals surface area contributed by atoms with Crippen molar-refractivity contribution in [2.24, 2.45) is 0 Å². The maximum atomic E-state index is 12.5. The number of carbonyl (C=O) groups excluding carboxylic acids is 1. The zero-order valence-electron chi connectivity index (χ0n) is 12.3. The van der Waals surface area contributed by atoms with Crippen molar-refractivity contribution in [3.63, 3.8) is 0 Å². The number of hydrogen-bond acceptors (Lipinski definition) is 5. The second-order valence-corrected chi connectivity index (χ2v) is 7.99. The van der Waals surface area contributed by atoms with E-state index in [1.165, 1.54) is 0 Å². The zero-order valence-corrected chi connectivity index (χ0v) is 13.2. The van der Waals surface area contributed by atoms with Crippen LogP contribution in [0.4, 0.5) is 0 Å². The quantitative estimate of drug-likeness (QED) is 0.745. The third-order valence-corrected chi connectivity index (χ3v) is 6.04. The Kier molecular flexibility index (Phi) is 5.04. The van der Waals surface area contributed by atoms with E-state index in [4.69, 9.17) is 0 Å². The molecule has 2 fully saturated rings. The summed E-state index contributed by atoms with van der Waals surface area (Å²) in [4.78, 5) is 16.4. The van der Waals surface area contributed by atoms with Crippen LogP contribution in [0.25, 0.3) is 0 Å². The lowest BCUT2D eigenvalue weighted by Gasteiger charge is -2.36. The highest BCUT2D eigenvalue weighted by molar-refractivity contribution is 7.91. The van der Waals surface area contributed by atoms with Crippen molar-refractivity contribution in [3.05, 3.63) is 0 Å². The largest absolute Gasteiger partial charge is 0.338 e. The molecule has 1 amide bonds. The molecule has 6 nitrogen and oxygen atoms in total. The van der Waals surface area contributed by atoms with Crippen LogP contribution in [-0.4, -0.2) is 80.4 Å². The Bertz CT molecular complexity index is 452. The summed E-state index contributed by atoms with van der Waals surface area (Å²) in [5, 5.41) is 3.30. The molecule has 2 rings (SSSR count). The number of nitrogens with zero attached hydrogens (tertiary/aromatic N) is 2. The van der Waals surface area contributed by atoms with Gasteiger partial charge in [0.05, 0.1) is 18.1 Å². The van der Waals surface area contributed by atoms with Crippen molar-refractivity contribution in [1.82, 2.24) is 15.1 Å². The number of piperazine rings is 1. The van der Waals surface area contributed by atoms with Crippen LogP contribution in [0.2, 0.25) is 0 Å². The molecule has 2 aliphatic rings. The van der Waals surface area contributed by atoms with E-state index < -0.39 is 9.84 Å². The molecule has 0 aliphatic carbocycles. The minimum absolute atomic E-state index is 0.0587. The number of amides is 1. The van der Waals surface area contributed by atoms with Crippen molar-refractivity contribution in [2.45, 2.75) is 32.4 Å². The van der Waals surface area contributed by atoms with E-state index in [1.807, 2.05) is 6.92 Å². The van der Waals surface area contributed by atoms with Gasteiger partial charge in [-0.3, -0.25) is 9.69 Å². The number of hydrogen-bond donors (Lipinski definition) is 1. The smallest absolute Gasteiger partial charge is 0.237 e. The molecule has 0 spiro atoms. The van der Waals surface area contributed by atoms with E-state index in [9.17, 15) is 13.2 Å². The van der Waals surface area contributed by atoms with Crippen LogP contribution in [-0.2, 0) is 14.6 Å². The van der Waals surface area contributed by atoms with Crippen molar-refractivity contribution in [3.8, 4) is 0 Å². The molecule has 0 saturated carbocycles. The summed E-state index contributed by atoms with van der Waals surface area (Å²) < 4.78 is 23.1. The van der Waals surface area contributed by atoms with E-state index in [-0.39, 0.29) is 23.5 Å². The zero-order chi connectivity index (χ0) is 14.8. The maximum Gasteiger partial charge on any atom is 0.237 e. The first-order valence-corrected chi connectivity index (χ1v) is 9.19. The monoisotopic (exact) mass is 303 g/mol. The second kappa shape index (κ2) is 6.41. The van der Waals surface area contributed by atoms with E-state index in [2.05, 4.69) is 17.1 Å². The molecule has 116 valence electrons. The van der Waals surface area contributed by atoms with Crippen molar-refractivity contribution >= 4 is 15.7 Å². The van der Waals surface area contributed by atoms with Gasteiger partial charge in [0, 0.05) is 38.3 Å². The fourth-order valence-corrected chi connectivity index (χ4v) is 4.77. The van der Waals surface area contributed by atoms with Gasteiger partial charge in [-0.2, -0.15) is 0 Å². The molecule has 2 heterocycles. The van der Waals surface area contributed by atoms with Crippen LogP contribution in [0.1, 0.15) is 20.3 Å². The number of nitrogens with one attached hydrogen (secondary N) is 1. The highest BCUT2D eigenvalue weighted by Crippen LogP contribution is 2.18. The molecule has 0 aromatic rings. The molecule has 7 heteroatoms. The predicted molar refractivity (Wildman–Crippen MR) is 78.4 cm³/mol. The fourth-order valence-electron chi connectivity index (χ4n) is 3.04. The average molecular weight is 303 g/mol. The first-order chi connectivity index (χ1) is 9.43. The van der Waals surface area contributed by atoms with Gasteiger partial charge in [0.15, 0.2) is 9.84 Å². The standard InChI is InChI=1S/C13H25N3O3S/c1-3-16(12-4-7-20(18,19)10-12)13(17)9-15-6-5-14-8-11(15)2/h11-12,14H,3-10H2,1-2H3/t11-,12?/m0/s1. The predicted octanol–water partition coefficient (Wildman–Crippen LogP) is -0.684. The first-order valence-electron chi connectivity index (χ1n) is 7.37. The maximum absolute atomic E-state index is 12.5. The van der Waals surface area contributed by atoms with E-state index in [1.54, 1.807) is 4.90 Å². The van der Waals surface area contributed by atoms with Crippen LogP contribution in [0, 0.1) is 0 Å². The van der Waals surface area contributed by atoms with Crippen LogP contribution in [0.15, 0.2) is 0 Å². The van der Waals surface area contributed by atoms with Gasteiger partial charge >= 0.3 is 0 Å². The van der Waals surface area contributed by atoms with E-state index >= 15 is 0 Å². The summed E-state index contributed by atoms with van der Waals surface area (Å²) in [5.74, 6) is 0.401. The lowest BCUT2D eigenvalue weighted by atomic mass is 10.2. The van der Waals surface area contributed by atoms with E-state index in [0.717, 1.165) is 19.6 Å². The third kappa shape index (κ3) is 3.71. The van der Waals surface area contributed by atoms with Gasteiger partial charge in [0.2, 0.25) is 5.91 Å². The molecule has 20 heavy (non-hydrogen) atoms. The third-order valence-electron chi connectivity index (χ3n) is 4.29. The molecule has 2 saturated heterocycles. The lowest BCUT2D eigenvalue weighted by molar-refractivity contribution is -0.134. The molecular weight excluding hydrogens is 278 g/mol. The summed E-state index contributed by atoms with van der Waals surface area (Å²) in [5.41, 5.74) is 0. The lowest BCUT2D eigenvalue weighted by Crippen LogP contribution is -2.54. The van der Waals surface area contributed by atoms with E-state index in [0.29, 0.717) is 25.6 Å². The summed E-state index contributed by atoms with van der Waals surface area (Å²) in [6.07, 6.45) is 0.582. The van der Waals surface area contributed by atoms with Gasteiger partial charge in [0.25, 0.3) is 0 Å². The Morgan fingerprint density at radius 3 is 2.75 bits per heavy atom. The Hall–Kier alpha value is -0.660. The van der Waals surface area contributed by atoms with Crippen molar-refractivity contribution in [1.29, 1.82) is 0 Å². The highest BCUT2D eigenvalue weighted by Gasteiger charge is 2.34. The van der Waals surface area contributed by atoms with Gasteiger partial charge in [-0.05, 0) is 20.3 Å². The van der Waals surface area contributed by atoms with Gasteiger partial charge in [-0.1, -0.05) is 0 Å². The molecule has 0 radical (unpaired) electrons. The summed E-state index contributed by atoms with van der Waals surface area (Å²) in [6.45, 7) is 7.68. The molecule has 1 unspecified atom stereocenters. The molecule has 2 aliphatic heterocycles. The first kappa shape index (κ1) is 15.7. The Morgan fingerprint density at radius 2 is 2.20 bits per heavy atom. The Morgan fingerprint density at radius 1 is 1.45 bits per heavy atom. The number of carbonyl (C=O) groups is 1.